The first kappa shape index (κ1) is 16.6. The summed E-state index contributed by atoms with van der Waals surface area (Å²) in [5.41, 5.74) is 0. The van der Waals surface area contributed by atoms with E-state index >= 15 is 0 Å². The van der Waals surface area contributed by atoms with Crippen molar-refractivity contribution in [2.24, 2.45) is 5.92 Å². The molecule has 0 aromatic rings. The zero-order valence-electron chi connectivity index (χ0n) is 10.4. The summed E-state index contributed by atoms with van der Waals surface area (Å²) in [6.07, 6.45) is 0.406. The lowest BCUT2D eigenvalue weighted by molar-refractivity contribution is -0.141. The number of hydrogen-bond donors (Lipinski definition) is 4. The van der Waals surface area contributed by atoms with Crippen molar-refractivity contribution in [1.29, 1.82) is 0 Å². The second-order valence-corrected chi connectivity index (χ2v) is 5.65. The Labute approximate surface area is 106 Å². The number of hydrogen-bond acceptors (Lipinski definition) is 4. The van der Waals surface area contributed by atoms with Crippen LogP contribution in [0.1, 0.15) is 13.3 Å². The number of nitrogens with one attached hydrogen (secondary N) is 3. The second-order valence-electron chi connectivity index (χ2n) is 3.60. The molecule has 0 rings (SSSR count). The number of carbonyl (C=O) groups excluding carboxylic acids is 1. The van der Waals surface area contributed by atoms with E-state index in [0.29, 0.717) is 6.42 Å². The fourth-order valence-corrected chi connectivity index (χ4v) is 1.66. The molecule has 9 heteroatoms. The molecule has 0 spiro atoms. The van der Waals surface area contributed by atoms with Crippen LogP contribution in [0.3, 0.4) is 0 Å². The molecule has 0 fully saturated rings. The maximum Gasteiger partial charge on any atom is 0.314 e. The van der Waals surface area contributed by atoms with E-state index in [0.717, 1.165) is 0 Å². The van der Waals surface area contributed by atoms with Gasteiger partial charge in [0.25, 0.3) is 0 Å². The SMILES string of the molecule is CCC(CNC(=O)NCCS(=O)(=O)NC)C(=O)O. The van der Waals surface area contributed by atoms with Gasteiger partial charge in [-0.25, -0.2) is 17.9 Å². The van der Waals surface area contributed by atoms with Crippen molar-refractivity contribution in [3.8, 4) is 0 Å². The van der Waals surface area contributed by atoms with Crippen molar-refractivity contribution in [3.63, 3.8) is 0 Å². The Balaban J connectivity index is 3.89. The van der Waals surface area contributed by atoms with Gasteiger partial charge in [0.2, 0.25) is 10.0 Å². The lowest BCUT2D eigenvalue weighted by Crippen LogP contribution is -2.42. The van der Waals surface area contributed by atoms with Crippen LogP contribution in [0.25, 0.3) is 0 Å². The molecule has 0 heterocycles. The minimum absolute atomic E-state index is 0.0104. The predicted molar refractivity (Wildman–Crippen MR) is 65.7 cm³/mol. The molecule has 1 unspecified atom stereocenters. The molecule has 8 nitrogen and oxygen atoms in total. The molecule has 4 N–H and O–H groups in total. The number of rotatable bonds is 8. The van der Waals surface area contributed by atoms with Gasteiger partial charge in [0.05, 0.1) is 11.7 Å². The highest BCUT2D eigenvalue weighted by molar-refractivity contribution is 7.89. The molecule has 106 valence electrons. The Kier molecular flexibility index (Phi) is 7.29. The Morgan fingerprint density at radius 1 is 1.28 bits per heavy atom. The molecule has 0 aliphatic rings. The van der Waals surface area contributed by atoms with E-state index in [2.05, 4.69) is 15.4 Å². The number of carboxylic acids is 1. The maximum absolute atomic E-state index is 11.2. The maximum atomic E-state index is 11.2. The first-order chi connectivity index (χ1) is 8.32. The number of carboxylic acid groups (broad SMARTS) is 1. The summed E-state index contributed by atoms with van der Waals surface area (Å²) >= 11 is 0. The second kappa shape index (κ2) is 7.88. The van der Waals surface area contributed by atoms with E-state index in [-0.39, 0.29) is 18.8 Å². The number of urea groups is 1. The standard InChI is InChI=1S/C9H19N3O5S/c1-3-7(8(13)14)6-12-9(15)11-4-5-18(16,17)10-2/h7,10H,3-6H2,1-2H3,(H,13,14)(H2,11,12,15). The molecule has 1 atom stereocenters. The van der Waals surface area contributed by atoms with Crippen LogP contribution in [-0.2, 0) is 14.8 Å². The monoisotopic (exact) mass is 281 g/mol. The zero-order chi connectivity index (χ0) is 14.2. The van der Waals surface area contributed by atoms with Crippen LogP contribution in [-0.4, -0.2) is 51.4 Å². The van der Waals surface area contributed by atoms with Gasteiger partial charge in [-0.1, -0.05) is 6.92 Å². The van der Waals surface area contributed by atoms with Crippen molar-refractivity contribution < 1.29 is 23.1 Å². The largest absolute Gasteiger partial charge is 0.481 e. The van der Waals surface area contributed by atoms with Crippen molar-refractivity contribution in [2.45, 2.75) is 13.3 Å². The molecule has 18 heavy (non-hydrogen) atoms. The number of sulfonamides is 1. The Hall–Kier alpha value is -1.35. The van der Waals surface area contributed by atoms with Crippen molar-refractivity contribution in [3.05, 3.63) is 0 Å². The van der Waals surface area contributed by atoms with Gasteiger partial charge in [0, 0.05) is 13.1 Å². The first-order valence-corrected chi connectivity index (χ1v) is 7.13. The summed E-state index contributed by atoms with van der Waals surface area (Å²) in [7, 11) is -2.07. The van der Waals surface area contributed by atoms with Crippen LogP contribution in [0.4, 0.5) is 4.79 Å². The topological polar surface area (TPSA) is 125 Å². The molecule has 0 aliphatic heterocycles. The summed E-state index contributed by atoms with van der Waals surface area (Å²) in [5, 5.41) is 13.4. The highest BCUT2D eigenvalue weighted by Crippen LogP contribution is 1.99. The van der Waals surface area contributed by atoms with Crippen molar-refractivity contribution in [1.82, 2.24) is 15.4 Å². The Morgan fingerprint density at radius 2 is 1.89 bits per heavy atom. The molecule has 0 saturated heterocycles. The average Bonchev–Trinajstić information content (AvgIpc) is 2.29. The zero-order valence-corrected chi connectivity index (χ0v) is 11.2. The quantitative estimate of drug-likeness (QED) is 0.451. The lowest BCUT2D eigenvalue weighted by atomic mass is 10.1. The molecule has 2 amide bonds. The minimum Gasteiger partial charge on any atom is -0.481 e. The van der Waals surface area contributed by atoms with Gasteiger partial charge >= 0.3 is 12.0 Å². The highest BCUT2D eigenvalue weighted by Gasteiger charge is 2.15. The van der Waals surface area contributed by atoms with Gasteiger partial charge in [-0.15, -0.1) is 0 Å². The third kappa shape index (κ3) is 7.07. The van der Waals surface area contributed by atoms with Crippen molar-refractivity contribution in [2.75, 3.05) is 25.9 Å². The molecule has 0 aromatic heterocycles. The fourth-order valence-electron chi connectivity index (χ4n) is 1.09. The molecule has 0 aliphatic carbocycles. The Morgan fingerprint density at radius 3 is 2.33 bits per heavy atom. The molecule has 0 saturated carbocycles. The van der Waals surface area contributed by atoms with E-state index < -0.39 is 27.9 Å². The minimum atomic E-state index is -3.35. The normalized spacial score (nSPS) is 12.8. The van der Waals surface area contributed by atoms with E-state index in [4.69, 9.17) is 5.11 Å². The Bertz CT molecular complexity index is 382. The van der Waals surface area contributed by atoms with Crippen LogP contribution in [0, 0.1) is 5.92 Å². The van der Waals surface area contributed by atoms with E-state index in [1.807, 2.05) is 0 Å². The van der Waals surface area contributed by atoms with Gasteiger partial charge in [0.15, 0.2) is 0 Å². The number of aliphatic carboxylic acids is 1. The van der Waals surface area contributed by atoms with Gasteiger partial charge in [0.1, 0.15) is 0 Å². The van der Waals surface area contributed by atoms with E-state index in [1.165, 1.54) is 7.05 Å². The summed E-state index contributed by atoms with van der Waals surface area (Å²) in [6.45, 7) is 1.67. The molecular weight excluding hydrogens is 262 g/mol. The molecule has 0 bridgehead atoms. The third-order valence-corrected chi connectivity index (χ3v) is 3.68. The number of amides is 2. The van der Waals surface area contributed by atoms with Crippen LogP contribution in [0.5, 0.6) is 0 Å². The van der Waals surface area contributed by atoms with Gasteiger partial charge in [-0.3, -0.25) is 4.79 Å². The van der Waals surface area contributed by atoms with E-state index in [9.17, 15) is 18.0 Å². The number of carbonyl (C=O) groups is 2. The summed E-state index contributed by atoms with van der Waals surface area (Å²) < 4.78 is 24.2. The van der Waals surface area contributed by atoms with E-state index in [1.54, 1.807) is 6.92 Å². The molecule has 0 radical (unpaired) electrons. The fraction of sp³-hybridized carbons (Fsp3) is 0.778. The summed E-state index contributed by atoms with van der Waals surface area (Å²) in [4.78, 5) is 21.9. The van der Waals surface area contributed by atoms with Crippen molar-refractivity contribution >= 4 is 22.0 Å². The predicted octanol–water partition coefficient (Wildman–Crippen LogP) is -1.05. The first-order valence-electron chi connectivity index (χ1n) is 5.48. The van der Waals surface area contributed by atoms with Gasteiger partial charge in [-0.05, 0) is 13.5 Å². The van der Waals surface area contributed by atoms with Gasteiger partial charge < -0.3 is 15.7 Å². The van der Waals surface area contributed by atoms with Crippen LogP contribution >= 0.6 is 0 Å². The smallest absolute Gasteiger partial charge is 0.314 e. The summed E-state index contributed by atoms with van der Waals surface area (Å²) in [6, 6.07) is -0.582. The van der Waals surface area contributed by atoms with Crippen LogP contribution in [0.2, 0.25) is 0 Å². The third-order valence-electron chi connectivity index (χ3n) is 2.32. The van der Waals surface area contributed by atoms with Gasteiger partial charge in [-0.2, -0.15) is 0 Å². The average molecular weight is 281 g/mol. The molecule has 0 aromatic carbocycles. The highest BCUT2D eigenvalue weighted by atomic mass is 32.2. The lowest BCUT2D eigenvalue weighted by Gasteiger charge is -2.11. The van der Waals surface area contributed by atoms with Crippen LogP contribution < -0.4 is 15.4 Å². The molecular formula is C9H19N3O5S. The van der Waals surface area contributed by atoms with Crippen LogP contribution in [0.15, 0.2) is 0 Å². The summed E-state index contributed by atoms with van der Waals surface area (Å²) in [5.74, 6) is -1.85.